The first kappa shape index (κ1) is 16.4. The number of nitrogens with zero attached hydrogens (tertiary/aromatic N) is 1. The number of sulfonamides is 1. The lowest BCUT2D eigenvalue weighted by Gasteiger charge is -2.08. The highest BCUT2D eigenvalue weighted by Gasteiger charge is 2.18. The smallest absolute Gasteiger partial charge is 0.244 e. The minimum Gasteiger partial charge on any atom is -0.385 e. The Morgan fingerprint density at radius 3 is 2.84 bits per heavy atom. The first-order valence-electron chi connectivity index (χ1n) is 5.87. The first-order valence-corrected chi connectivity index (χ1v) is 8.14. The number of nitrogen functional groups attached to an aromatic ring is 1. The van der Waals surface area contributed by atoms with E-state index in [1.807, 2.05) is 0 Å². The van der Waals surface area contributed by atoms with Crippen LogP contribution >= 0.6 is 15.9 Å². The van der Waals surface area contributed by atoms with Gasteiger partial charge in [-0.3, -0.25) is 0 Å². The Labute approximate surface area is 121 Å². The minimum absolute atomic E-state index is 0.00114. The summed E-state index contributed by atoms with van der Waals surface area (Å²) in [4.78, 5) is 3.81. The molecule has 0 fully saturated rings. The van der Waals surface area contributed by atoms with Gasteiger partial charge in [0.1, 0.15) is 10.7 Å². The summed E-state index contributed by atoms with van der Waals surface area (Å²) < 4.78 is 32.0. The molecule has 0 atom stereocenters. The van der Waals surface area contributed by atoms with Crippen molar-refractivity contribution in [1.29, 1.82) is 0 Å². The van der Waals surface area contributed by atoms with E-state index in [4.69, 9.17) is 10.5 Å². The van der Waals surface area contributed by atoms with Crippen LogP contribution in [0.15, 0.2) is 21.6 Å². The maximum Gasteiger partial charge on any atom is 0.244 e. The van der Waals surface area contributed by atoms with Gasteiger partial charge in [0.15, 0.2) is 0 Å². The highest BCUT2D eigenvalue weighted by atomic mass is 79.9. The number of unbranched alkanes of at least 4 members (excludes halogenated alkanes) is 2. The average molecular weight is 352 g/mol. The zero-order valence-electron chi connectivity index (χ0n) is 10.7. The van der Waals surface area contributed by atoms with Gasteiger partial charge >= 0.3 is 0 Å². The molecule has 0 aliphatic rings. The molecule has 1 aromatic rings. The van der Waals surface area contributed by atoms with E-state index in [-0.39, 0.29) is 10.7 Å². The van der Waals surface area contributed by atoms with Crippen molar-refractivity contribution in [2.24, 2.45) is 0 Å². The molecule has 8 heteroatoms. The zero-order valence-corrected chi connectivity index (χ0v) is 13.1. The molecule has 1 aromatic heterocycles. The lowest BCUT2D eigenvalue weighted by atomic mass is 10.2. The summed E-state index contributed by atoms with van der Waals surface area (Å²) in [5.41, 5.74) is 5.58. The van der Waals surface area contributed by atoms with Gasteiger partial charge in [0.05, 0.1) is 0 Å². The van der Waals surface area contributed by atoms with E-state index in [0.29, 0.717) is 17.6 Å². The molecule has 0 saturated heterocycles. The second kappa shape index (κ2) is 7.78. The summed E-state index contributed by atoms with van der Waals surface area (Å²) in [5, 5.41) is 0. The van der Waals surface area contributed by atoms with Gasteiger partial charge < -0.3 is 10.5 Å². The van der Waals surface area contributed by atoms with Crippen molar-refractivity contribution in [3.8, 4) is 0 Å². The Morgan fingerprint density at radius 2 is 2.16 bits per heavy atom. The van der Waals surface area contributed by atoms with E-state index in [9.17, 15) is 8.42 Å². The Hall–Kier alpha value is -0.700. The van der Waals surface area contributed by atoms with E-state index in [2.05, 4.69) is 25.6 Å². The number of aromatic nitrogens is 1. The number of nitrogens with one attached hydrogen (secondary N) is 1. The van der Waals surface area contributed by atoms with Gasteiger partial charge in [-0.05, 0) is 41.3 Å². The van der Waals surface area contributed by atoms with Crippen LogP contribution in [0, 0.1) is 0 Å². The second-order valence-electron chi connectivity index (χ2n) is 3.99. The third kappa shape index (κ3) is 5.43. The van der Waals surface area contributed by atoms with Crippen molar-refractivity contribution in [3.63, 3.8) is 0 Å². The second-order valence-corrected chi connectivity index (χ2v) is 6.64. The van der Waals surface area contributed by atoms with Gasteiger partial charge in [0.25, 0.3) is 0 Å². The highest BCUT2D eigenvalue weighted by Crippen LogP contribution is 2.20. The summed E-state index contributed by atoms with van der Waals surface area (Å²) in [5.74, 6) is -0.00455. The van der Waals surface area contributed by atoms with Crippen LogP contribution in [0.25, 0.3) is 0 Å². The van der Waals surface area contributed by atoms with Gasteiger partial charge in [-0.1, -0.05) is 0 Å². The van der Waals surface area contributed by atoms with Crippen molar-refractivity contribution in [1.82, 2.24) is 9.71 Å². The van der Waals surface area contributed by atoms with Crippen molar-refractivity contribution in [2.75, 3.05) is 26.0 Å². The summed E-state index contributed by atoms with van der Waals surface area (Å²) in [6.45, 7) is 1.06. The molecule has 0 unspecified atom stereocenters. The van der Waals surface area contributed by atoms with Crippen LogP contribution in [0.5, 0.6) is 0 Å². The molecule has 0 aliphatic heterocycles. The molecule has 6 nitrogen and oxygen atoms in total. The normalized spacial score (nSPS) is 11.7. The molecular weight excluding hydrogens is 334 g/mol. The maximum absolute atomic E-state index is 12.0. The van der Waals surface area contributed by atoms with E-state index in [1.54, 1.807) is 7.11 Å². The molecule has 0 amide bonds. The molecular formula is C11H18BrN3O3S. The van der Waals surface area contributed by atoms with Crippen molar-refractivity contribution in [3.05, 3.63) is 16.7 Å². The Kier molecular flexibility index (Phi) is 6.70. The van der Waals surface area contributed by atoms with Gasteiger partial charge in [-0.25, -0.2) is 18.1 Å². The number of ether oxygens (including phenoxy) is 1. The van der Waals surface area contributed by atoms with Crippen molar-refractivity contribution >= 4 is 31.8 Å². The van der Waals surface area contributed by atoms with Crippen molar-refractivity contribution in [2.45, 2.75) is 24.2 Å². The van der Waals surface area contributed by atoms with E-state index >= 15 is 0 Å². The Bertz CT molecular complexity index is 508. The van der Waals surface area contributed by atoms with Crippen LogP contribution < -0.4 is 10.5 Å². The fourth-order valence-corrected chi connectivity index (χ4v) is 3.14. The van der Waals surface area contributed by atoms with Crippen LogP contribution in [0.3, 0.4) is 0 Å². The minimum atomic E-state index is -3.60. The predicted molar refractivity (Wildman–Crippen MR) is 77.3 cm³/mol. The third-order valence-corrected chi connectivity index (χ3v) is 4.38. The maximum atomic E-state index is 12.0. The van der Waals surface area contributed by atoms with E-state index in [0.717, 1.165) is 19.3 Å². The number of halogens is 1. The predicted octanol–water partition coefficient (Wildman–Crippen LogP) is 1.52. The van der Waals surface area contributed by atoms with Crippen LogP contribution in [-0.2, 0) is 14.8 Å². The largest absolute Gasteiger partial charge is 0.385 e. The molecule has 1 rings (SSSR count). The number of hydrogen-bond donors (Lipinski definition) is 2. The summed E-state index contributed by atoms with van der Waals surface area (Å²) in [6.07, 6.45) is 4.03. The number of rotatable bonds is 8. The summed E-state index contributed by atoms with van der Waals surface area (Å²) >= 11 is 3.17. The molecule has 3 N–H and O–H groups in total. The van der Waals surface area contributed by atoms with Crippen LogP contribution in [0.1, 0.15) is 19.3 Å². The summed E-state index contributed by atoms with van der Waals surface area (Å²) in [6, 6.07) is 1.44. The first-order chi connectivity index (χ1) is 8.97. The number of pyridine rings is 1. The van der Waals surface area contributed by atoms with Crippen molar-refractivity contribution < 1.29 is 13.2 Å². The van der Waals surface area contributed by atoms with Crippen LogP contribution in [0.4, 0.5) is 5.82 Å². The van der Waals surface area contributed by atoms with Gasteiger partial charge in [0, 0.05) is 30.9 Å². The monoisotopic (exact) mass is 351 g/mol. The molecule has 0 aromatic carbocycles. The zero-order chi connectivity index (χ0) is 14.3. The molecule has 108 valence electrons. The quantitative estimate of drug-likeness (QED) is 0.692. The molecule has 0 spiro atoms. The summed E-state index contributed by atoms with van der Waals surface area (Å²) in [7, 11) is -1.96. The Balaban J connectivity index is 2.54. The average Bonchev–Trinajstić information content (AvgIpc) is 2.36. The highest BCUT2D eigenvalue weighted by molar-refractivity contribution is 9.10. The molecule has 1 heterocycles. The fourth-order valence-electron chi connectivity index (χ4n) is 1.48. The van der Waals surface area contributed by atoms with E-state index < -0.39 is 10.0 Å². The number of hydrogen-bond acceptors (Lipinski definition) is 5. The lowest BCUT2D eigenvalue weighted by molar-refractivity contribution is 0.192. The van der Waals surface area contributed by atoms with Crippen LogP contribution in [0.2, 0.25) is 0 Å². The van der Waals surface area contributed by atoms with Gasteiger partial charge in [-0.15, -0.1) is 0 Å². The number of methoxy groups -OCH3 is 1. The third-order valence-electron chi connectivity index (χ3n) is 2.46. The van der Waals surface area contributed by atoms with Crippen LogP contribution in [-0.4, -0.2) is 33.7 Å². The molecule has 0 saturated carbocycles. The standard InChI is InChI=1S/C11H18BrN3O3S/c1-18-6-4-2-3-5-15-19(16,17)10-7-9(12)8-14-11(10)13/h7-8,15H,2-6H2,1H3,(H2,13,14). The molecule has 0 aliphatic carbocycles. The number of nitrogens with two attached hydrogens (primary N) is 1. The number of anilines is 1. The topological polar surface area (TPSA) is 94.3 Å². The fraction of sp³-hybridized carbons (Fsp3) is 0.545. The SMILES string of the molecule is COCCCCCNS(=O)(=O)c1cc(Br)cnc1N. The molecule has 0 bridgehead atoms. The lowest BCUT2D eigenvalue weighted by Crippen LogP contribution is -2.26. The van der Waals surface area contributed by atoms with E-state index in [1.165, 1.54) is 12.3 Å². The van der Waals surface area contributed by atoms with Gasteiger partial charge in [0.2, 0.25) is 10.0 Å². The molecule has 19 heavy (non-hydrogen) atoms. The van der Waals surface area contributed by atoms with Gasteiger partial charge in [-0.2, -0.15) is 0 Å². The molecule has 0 radical (unpaired) electrons. The Morgan fingerprint density at radius 1 is 1.42 bits per heavy atom.